The minimum absolute atomic E-state index is 0.110. The molecule has 0 aromatic heterocycles. The third-order valence-electron chi connectivity index (χ3n) is 5.30. The summed E-state index contributed by atoms with van der Waals surface area (Å²) in [5.41, 5.74) is 3.17. The number of esters is 1. The van der Waals surface area contributed by atoms with E-state index in [9.17, 15) is 14.7 Å². The minimum Gasteiger partial charge on any atom is -0.508 e. The predicted octanol–water partition coefficient (Wildman–Crippen LogP) is 2.16. The molecule has 0 saturated heterocycles. The average Bonchev–Trinajstić information content (AvgIpc) is 2.73. The molecule has 2 N–H and O–H groups in total. The highest BCUT2D eigenvalue weighted by Crippen LogP contribution is 2.32. The van der Waals surface area contributed by atoms with Crippen molar-refractivity contribution in [3.63, 3.8) is 0 Å². The molecule has 2 atom stereocenters. The van der Waals surface area contributed by atoms with Gasteiger partial charge in [-0.3, -0.25) is 14.9 Å². The number of benzene rings is 2. The summed E-state index contributed by atoms with van der Waals surface area (Å²) in [7, 11) is 0. The van der Waals surface area contributed by atoms with Gasteiger partial charge in [-0.25, -0.2) is 4.99 Å². The molecule has 0 radical (unpaired) electrons. The molecular formula is C22H23N3O4. The number of aromatic hydroxyl groups is 1. The van der Waals surface area contributed by atoms with E-state index in [1.165, 1.54) is 23.3 Å². The number of phenolic OH excluding ortho intramolecular Hbond substituents is 1. The molecule has 2 aromatic rings. The SMILES string of the molecule is CCOC(=O)[C@@H]1C(=O)NC(N2CCc3ccccc3C2)=N[C@H]1c1ccc(O)cc1. The Morgan fingerprint density at radius 1 is 1.21 bits per heavy atom. The highest BCUT2D eigenvalue weighted by molar-refractivity contribution is 6.08. The molecule has 7 heteroatoms. The average molecular weight is 393 g/mol. The second-order valence-electron chi connectivity index (χ2n) is 7.15. The van der Waals surface area contributed by atoms with Crippen molar-refractivity contribution in [1.82, 2.24) is 10.2 Å². The van der Waals surface area contributed by atoms with E-state index < -0.39 is 23.8 Å². The lowest BCUT2D eigenvalue weighted by molar-refractivity contribution is -0.153. The molecule has 0 saturated carbocycles. The summed E-state index contributed by atoms with van der Waals surface area (Å²) in [6.07, 6.45) is 0.857. The fourth-order valence-corrected chi connectivity index (χ4v) is 3.81. The first-order chi connectivity index (χ1) is 14.1. The Morgan fingerprint density at radius 2 is 1.93 bits per heavy atom. The lowest BCUT2D eigenvalue weighted by Crippen LogP contribution is -2.53. The normalized spacial score (nSPS) is 21.1. The number of carbonyl (C=O) groups is 2. The number of carbonyl (C=O) groups excluding carboxylic acids is 2. The van der Waals surface area contributed by atoms with Crippen molar-refractivity contribution >= 4 is 17.8 Å². The fourth-order valence-electron chi connectivity index (χ4n) is 3.81. The van der Waals surface area contributed by atoms with Gasteiger partial charge in [0.15, 0.2) is 5.92 Å². The molecule has 0 unspecified atom stereocenters. The summed E-state index contributed by atoms with van der Waals surface area (Å²) >= 11 is 0. The molecule has 2 heterocycles. The Bertz CT molecular complexity index is 955. The number of aliphatic imine (C=N–C) groups is 1. The van der Waals surface area contributed by atoms with Crippen LogP contribution in [0.1, 0.15) is 29.7 Å². The van der Waals surface area contributed by atoms with Crippen molar-refractivity contribution in [2.75, 3.05) is 13.2 Å². The zero-order valence-electron chi connectivity index (χ0n) is 16.2. The Labute approximate surface area is 169 Å². The molecule has 2 aliphatic heterocycles. The van der Waals surface area contributed by atoms with E-state index >= 15 is 0 Å². The van der Waals surface area contributed by atoms with Gasteiger partial charge in [-0.1, -0.05) is 36.4 Å². The minimum atomic E-state index is -1.07. The molecule has 0 fully saturated rings. The second kappa shape index (κ2) is 7.95. The number of guanidine groups is 1. The summed E-state index contributed by atoms with van der Waals surface area (Å²) in [6, 6.07) is 13.9. The third-order valence-corrected chi connectivity index (χ3v) is 5.30. The van der Waals surface area contributed by atoms with Crippen LogP contribution in [-0.2, 0) is 27.3 Å². The van der Waals surface area contributed by atoms with Crippen LogP contribution in [0.3, 0.4) is 0 Å². The van der Waals surface area contributed by atoms with Crippen molar-refractivity contribution in [1.29, 1.82) is 0 Å². The van der Waals surface area contributed by atoms with Gasteiger partial charge in [-0.2, -0.15) is 0 Å². The standard InChI is InChI=1S/C22H23N3O4/c1-2-29-21(28)18-19(15-7-9-17(26)10-8-15)23-22(24-20(18)27)25-12-11-14-5-3-4-6-16(14)13-25/h3-10,18-19,26H,2,11-13H2,1H3,(H,23,24,27)/t18-,19-/m0/s1. The van der Waals surface area contributed by atoms with E-state index in [2.05, 4.69) is 17.4 Å². The first kappa shape index (κ1) is 19.0. The van der Waals surface area contributed by atoms with E-state index in [-0.39, 0.29) is 12.4 Å². The molecule has 0 aliphatic carbocycles. The maximum Gasteiger partial charge on any atom is 0.321 e. The van der Waals surface area contributed by atoms with Crippen molar-refractivity contribution in [2.24, 2.45) is 10.9 Å². The zero-order chi connectivity index (χ0) is 20.4. The Balaban J connectivity index is 1.68. The molecular weight excluding hydrogens is 370 g/mol. The quantitative estimate of drug-likeness (QED) is 0.616. The number of hydrogen-bond acceptors (Lipinski definition) is 6. The molecule has 2 aromatic carbocycles. The number of nitrogens with zero attached hydrogens (tertiary/aromatic N) is 2. The summed E-state index contributed by atoms with van der Waals surface area (Å²) in [6.45, 7) is 3.25. The van der Waals surface area contributed by atoms with Crippen molar-refractivity contribution in [3.05, 3.63) is 65.2 Å². The van der Waals surface area contributed by atoms with Gasteiger partial charge in [0.2, 0.25) is 11.9 Å². The number of fused-ring (bicyclic) bond motifs is 1. The number of phenols is 1. The van der Waals surface area contributed by atoms with Gasteiger partial charge in [0.1, 0.15) is 11.8 Å². The maximum absolute atomic E-state index is 12.9. The van der Waals surface area contributed by atoms with Crippen LogP contribution in [0.2, 0.25) is 0 Å². The molecule has 1 amide bonds. The van der Waals surface area contributed by atoms with Gasteiger partial charge in [-0.15, -0.1) is 0 Å². The smallest absolute Gasteiger partial charge is 0.321 e. The van der Waals surface area contributed by atoms with Crippen molar-refractivity contribution < 1.29 is 19.4 Å². The van der Waals surface area contributed by atoms with Gasteiger partial charge in [0.25, 0.3) is 0 Å². The van der Waals surface area contributed by atoms with Crippen molar-refractivity contribution in [3.8, 4) is 5.75 Å². The molecule has 0 bridgehead atoms. The van der Waals surface area contributed by atoms with Gasteiger partial charge in [0.05, 0.1) is 6.61 Å². The van der Waals surface area contributed by atoms with E-state index in [0.29, 0.717) is 18.1 Å². The Kier molecular flexibility index (Phi) is 5.20. The topological polar surface area (TPSA) is 91.2 Å². The summed E-state index contributed by atoms with van der Waals surface area (Å²) in [5, 5.41) is 12.4. The Hall–Kier alpha value is -3.35. The number of hydrogen-bond donors (Lipinski definition) is 2. The van der Waals surface area contributed by atoms with E-state index in [4.69, 9.17) is 9.73 Å². The van der Waals surface area contributed by atoms with Crippen LogP contribution in [0.15, 0.2) is 53.5 Å². The highest BCUT2D eigenvalue weighted by atomic mass is 16.5. The van der Waals surface area contributed by atoms with E-state index in [0.717, 1.165) is 13.0 Å². The Morgan fingerprint density at radius 3 is 2.66 bits per heavy atom. The fraction of sp³-hybridized carbons (Fsp3) is 0.318. The molecule has 7 nitrogen and oxygen atoms in total. The predicted molar refractivity (Wildman–Crippen MR) is 107 cm³/mol. The van der Waals surface area contributed by atoms with Gasteiger partial charge < -0.3 is 14.7 Å². The second-order valence-corrected chi connectivity index (χ2v) is 7.15. The van der Waals surface area contributed by atoms with Crippen LogP contribution in [-0.4, -0.2) is 41.0 Å². The molecule has 0 spiro atoms. The first-order valence-corrected chi connectivity index (χ1v) is 9.72. The first-order valence-electron chi connectivity index (χ1n) is 9.72. The monoisotopic (exact) mass is 393 g/mol. The van der Waals surface area contributed by atoms with Gasteiger partial charge in [0, 0.05) is 13.1 Å². The lowest BCUT2D eigenvalue weighted by Gasteiger charge is -2.36. The molecule has 29 heavy (non-hydrogen) atoms. The number of rotatable bonds is 3. The number of ether oxygens (including phenoxy) is 1. The molecule has 150 valence electrons. The van der Waals surface area contributed by atoms with E-state index in [1.54, 1.807) is 19.1 Å². The lowest BCUT2D eigenvalue weighted by atomic mass is 9.91. The third kappa shape index (κ3) is 3.81. The van der Waals surface area contributed by atoms with Crippen LogP contribution >= 0.6 is 0 Å². The summed E-state index contributed by atoms with van der Waals surface area (Å²) in [5.74, 6) is -1.53. The number of amides is 1. The summed E-state index contributed by atoms with van der Waals surface area (Å²) < 4.78 is 5.12. The van der Waals surface area contributed by atoms with Gasteiger partial charge >= 0.3 is 5.97 Å². The number of nitrogens with one attached hydrogen (secondary N) is 1. The van der Waals surface area contributed by atoms with Crippen molar-refractivity contribution in [2.45, 2.75) is 25.9 Å². The van der Waals surface area contributed by atoms with Gasteiger partial charge in [-0.05, 0) is 42.2 Å². The van der Waals surface area contributed by atoms with Crippen LogP contribution in [0.5, 0.6) is 5.75 Å². The van der Waals surface area contributed by atoms with Crippen LogP contribution in [0, 0.1) is 5.92 Å². The van der Waals surface area contributed by atoms with Crippen LogP contribution in [0.25, 0.3) is 0 Å². The van der Waals surface area contributed by atoms with Crippen LogP contribution < -0.4 is 5.32 Å². The van der Waals surface area contributed by atoms with E-state index in [1.807, 2.05) is 17.0 Å². The maximum atomic E-state index is 12.9. The largest absolute Gasteiger partial charge is 0.508 e. The molecule has 4 rings (SSSR count). The molecule has 2 aliphatic rings. The van der Waals surface area contributed by atoms with Crippen LogP contribution in [0.4, 0.5) is 0 Å². The zero-order valence-corrected chi connectivity index (χ0v) is 16.2. The summed E-state index contributed by atoms with van der Waals surface area (Å²) in [4.78, 5) is 32.1. The highest BCUT2D eigenvalue weighted by Gasteiger charge is 2.42.